The van der Waals surface area contributed by atoms with E-state index in [9.17, 15) is 4.79 Å². The molecule has 0 radical (unpaired) electrons. The zero-order valence-corrected chi connectivity index (χ0v) is 13.4. The smallest absolute Gasteiger partial charge is 0.270 e. The maximum Gasteiger partial charge on any atom is 0.270 e. The lowest BCUT2D eigenvalue weighted by Crippen LogP contribution is -2.40. The summed E-state index contributed by atoms with van der Waals surface area (Å²) in [5, 5.41) is 6.36. The number of hydrogen-bond acceptors (Lipinski definition) is 3. The average molecular weight is 289 g/mol. The lowest BCUT2D eigenvalue weighted by atomic mass is 9.79. The first kappa shape index (κ1) is 15.8. The van der Waals surface area contributed by atoms with Crippen LogP contribution in [0.2, 0.25) is 0 Å². The summed E-state index contributed by atoms with van der Waals surface area (Å²) in [5.41, 5.74) is 0.502. The Bertz CT molecular complexity index is 475. The normalized spacial score (nSPS) is 25.4. The molecule has 0 aliphatic heterocycles. The molecule has 3 atom stereocenters. The Morgan fingerprint density at radius 1 is 1.29 bits per heavy atom. The van der Waals surface area contributed by atoms with E-state index in [0.717, 1.165) is 37.5 Å². The van der Waals surface area contributed by atoms with Crippen LogP contribution in [0.25, 0.3) is 0 Å². The molecule has 0 saturated heterocycles. The SMILES string of the molecule is CCCNc1cccc(C(=O)NC2CCC(C)C(C)C2)n1. The summed E-state index contributed by atoms with van der Waals surface area (Å²) in [4.78, 5) is 16.7. The Balaban J connectivity index is 1.94. The number of pyridine rings is 1. The second-order valence-electron chi connectivity index (χ2n) is 6.27. The zero-order valence-electron chi connectivity index (χ0n) is 13.4. The fourth-order valence-corrected chi connectivity index (χ4v) is 2.85. The Morgan fingerprint density at radius 3 is 2.81 bits per heavy atom. The molecule has 1 aromatic rings. The van der Waals surface area contributed by atoms with E-state index < -0.39 is 0 Å². The Labute approximate surface area is 127 Å². The van der Waals surface area contributed by atoms with Crippen LogP contribution in [0.3, 0.4) is 0 Å². The van der Waals surface area contributed by atoms with Crippen LogP contribution in [0.15, 0.2) is 18.2 Å². The van der Waals surface area contributed by atoms with Gasteiger partial charge in [0.25, 0.3) is 5.91 Å². The lowest BCUT2D eigenvalue weighted by molar-refractivity contribution is 0.0905. The molecule has 21 heavy (non-hydrogen) atoms. The van der Waals surface area contributed by atoms with E-state index >= 15 is 0 Å². The summed E-state index contributed by atoms with van der Waals surface area (Å²) < 4.78 is 0. The van der Waals surface area contributed by atoms with Crippen molar-refractivity contribution in [2.45, 2.75) is 52.5 Å². The third-order valence-corrected chi connectivity index (χ3v) is 4.47. The van der Waals surface area contributed by atoms with Crippen molar-refractivity contribution in [3.63, 3.8) is 0 Å². The van der Waals surface area contributed by atoms with E-state index in [4.69, 9.17) is 0 Å². The van der Waals surface area contributed by atoms with Crippen LogP contribution >= 0.6 is 0 Å². The van der Waals surface area contributed by atoms with Gasteiger partial charge >= 0.3 is 0 Å². The van der Waals surface area contributed by atoms with Crippen LogP contribution in [0.1, 0.15) is 56.9 Å². The zero-order chi connectivity index (χ0) is 15.2. The number of amides is 1. The monoisotopic (exact) mass is 289 g/mol. The van der Waals surface area contributed by atoms with Crippen LogP contribution < -0.4 is 10.6 Å². The number of anilines is 1. The van der Waals surface area contributed by atoms with Gasteiger partial charge in [-0.15, -0.1) is 0 Å². The average Bonchev–Trinajstić information content (AvgIpc) is 2.49. The molecule has 4 heteroatoms. The van der Waals surface area contributed by atoms with Crippen molar-refractivity contribution in [2.75, 3.05) is 11.9 Å². The summed E-state index contributed by atoms with van der Waals surface area (Å²) in [7, 11) is 0. The molecule has 1 aliphatic carbocycles. The number of carbonyl (C=O) groups is 1. The Kier molecular flexibility index (Phi) is 5.59. The standard InChI is InChI=1S/C17H27N3O/c1-4-10-18-16-7-5-6-15(20-16)17(21)19-14-9-8-12(2)13(3)11-14/h5-7,12-14H,4,8-11H2,1-3H3,(H,18,20)(H,19,21). The van der Waals surface area contributed by atoms with E-state index in [1.54, 1.807) is 6.07 Å². The molecule has 2 N–H and O–H groups in total. The Hall–Kier alpha value is -1.58. The molecule has 1 aromatic heterocycles. The topological polar surface area (TPSA) is 54.0 Å². The highest BCUT2D eigenvalue weighted by Crippen LogP contribution is 2.29. The number of hydrogen-bond donors (Lipinski definition) is 2. The number of aromatic nitrogens is 1. The van der Waals surface area contributed by atoms with Gasteiger partial charge in [-0.05, 0) is 49.7 Å². The van der Waals surface area contributed by atoms with Crippen LogP contribution in [0, 0.1) is 11.8 Å². The summed E-state index contributed by atoms with van der Waals surface area (Å²) >= 11 is 0. The number of rotatable bonds is 5. The van der Waals surface area contributed by atoms with E-state index in [-0.39, 0.29) is 11.9 Å². The fraction of sp³-hybridized carbons (Fsp3) is 0.647. The maximum absolute atomic E-state index is 12.3. The van der Waals surface area contributed by atoms with Gasteiger partial charge in [0, 0.05) is 12.6 Å². The molecule has 1 aliphatic rings. The highest BCUT2D eigenvalue weighted by Gasteiger charge is 2.26. The molecule has 0 bridgehead atoms. The van der Waals surface area contributed by atoms with E-state index in [1.807, 2.05) is 12.1 Å². The van der Waals surface area contributed by atoms with E-state index in [2.05, 4.69) is 36.4 Å². The number of carbonyl (C=O) groups excluding carboxylic acids is 1. The minimum atomic E-state index is -0.0538. The summed E-state index contributed by atoms with van der Waals surface area (Å²) in [6.45, 7) is 7.55. The first-order chi connectivity index (χ1) is 10.1. The van der Waals surface area contributed by atoms with Crippen LogP contribution in [0.5, 0.6) is 0 Å². The molecule has 3 unspecified atom stereocenters. The van der Waals surface area contributed by atoms with Gasteiger partial charge < -0.3 is 10.6 Å². The third kappa shape index (κ3) is 4.45. The summed E-state index contributed by atoms with van der Waals surface area (Å²) in [5.74, 6) is 2.16. The lowest BCUT2D eigenvalue weighted by Gasteiger charge is -2.32. The predicted octanol–water partition coefficient (Wildman–Crippen LogP) is 3.46. The minimum absolute atomic E-state index is 0.0538. The van der Waals surface area contributed by atoms with Crippen molar-refractivity contribution < 1.29 is 4.79 Å². The van der Waals surface area contributed by atoms with Crippen molar-refractivity contribution in [3.8, 4) is 0 Å². The van der Waals surface area contributed by atoms with Gasteiger partial charge in [0.2, 0.25) is 0 Å². The molecule has 116 valence electrons. The van der Waals surface area contributed by atoms with Crippen molar-refractivity contribution in [1.82, 2.24) is 10.3 Å². The van der Waals surface area contributed by atoms with Gasteiger partial charge in [-0.25, -0.2) is 4.98 Å². The molecule has 4 nitrogen and oxygen atoms in total. The van der Waals surface area contributed by atoms with E-state index in [1.165, 1.54) is 6.42 Å². The highest BCUT2D eigenvalue weighted by atomic mass is 16.1. The molecule has 0 spiro atoms. The largest absolute Gasteiger partial charge is 0.370 e. The second-order valence-corrected chi connectivity index (χ2v) is 6.27. The van der Waals surface area contributed by atoms with E-state index in [0.29, 0.717) is 11.6 Å². The third-order valence-electron chi connectivity index (χ3n) is 4.47. The van der Waals surface area contributed by atoms with Crippen molar-refractivity contribution in [1.29, 1.82) is 0 Å². The summed E-state index contributed by atoms with van der Waals surface area (Å²) in [6, 6.07) is 5.85. The molecule has 1 fully saturated rings. The van der Waals surface area contributed by atoms with Gasteiger partial charge in [0.1, 0.15) is 11.5 Å². The molecule has 2 rings (SSSR count). The molecule has 1 amide bonds. The second kappa shape index (κ2) is 7.43. The first-order valence-corrected chi connectivity index (χ1v) is 8.12. The van der Waals surface area contributed by atoms with Crippen LogP contribution in [-0.2, 0) is 0 Å². The van der Waals surface area contributed by atoms with Gasteiger partial charge in [-0.1, -0.05) is 26.8 Å². The van der Waals surface area contributed by atoms with Gasteiger partial charge in [0.05, 0.1) is 0 Å². The van der Waals surface area contributed by atoms with Gasteiger partial charge in [0.15, 0.2) is 0 Å². The maximum atomic E-state index is 12.3. The van der Waals surface area contributed by atoms with Crippen LogP contribution in [0.4, 0.5) is 5.82 Å². The Morgan fingerprint density at radius 2 is 2.10 bits per heavy atom. The molecular weight excluding hydrogens is 262 g/mol. The molecular formula is C17H27N3O. The number of nitrogens with one attached hydrogen (secondary N) is 2. The predicted molar refractivity (Wildman–Crippen MR) is 86.5 cm³/mol. The van der Waals surface area contributed by atoms with Crippen molar-refractivity contribution in [3.05, 3.63) is 23.9 Å². The van der Waals surface area contributed by atoms with Gasteiger partial charge in [-0.3, -0.25) is 4.79 Å². The first-order valence-electron chi connectivity index (χ1n) is 8.12. The molecule has 1 heterocycles. The fourth-order valence-electron chi connectivity index (χ4n) is 2.85. The van der Waals surface area contributed by atoms with Gasteiger partial charge in [-0.2, -0.15) is 0 Å². The summed E-state index contributed by atoms with van der Waals surface area (Å²) in [6.07, 6.45) is 4.37. The number of nitrogens with zero attached hydrogens (tertiary/aromatic N) is 1. The van der Waals surface area contributed by atoms with Crippen LogP contribution in [-0.4, -0.2) is 23.5 Å². The minimum Gasteiger partial charge on any atom is -0.370 e. The highest BCUT2D eigenvalue weighted by molar-refractivity contribution is 5.92. The van der Waals surface area contributed by atoms with Crippen molar-refractivity contribution >= 4 is 11.7 Å². The molecule has 1 saturated carbocycles. The van der Waals surface area contributed by atoms with Crippen molar-refractivity contribution in [2.24, 2.45) is 11.8 Å². The molecule has 0 aromatic carbocycles. The quantitative estimate of drug-likeness (QED) is 0.873.